The van der Waals surface area contributed by atoms with Gasteiger partial charge in [-0.15, -0.1) is 0 Å². The highest BCUT2D eigenvalue weighted by Gasteiger charge is 2.08. The van der Waals surface area contributed by atoms with Gasteiger partial charge in [-0.3, -0.25) is 10.1 Å². The number of non-ortho nitro benzene ring substituents is 1. The number of halogens is 1. The lowest BCUT2D eigenvalue weighted by atomic mass is 10.2. The molecule has 0 atom stereocenters. The monoisotopic (exact) mass is 211 g/mol. The summed E-state index contributed by atoms with van der Waals surface area (Å²) in [6, 6.07) is 2.85. The van der Waals surface area contributed by atoms with Crippen LogP contribution in [0, 0.1) is 15.9 Å². The normalized spacial score (nSPS) is 10.5. The van der Waals surface area contributed by atoms with E-state index in [1.54, 1.807) is 0 Å². The molecule has 0 aliphatic carbocycles. The van der Waals surface area contributed by atoms with E-state index in [2.05, 4.69) is 0 Å². The van der Waals surface area contributed by atoms with Crippen molar-refractivity contribution in [3.05, 3.63) is 45.8 Å². The SMILES string of the molecule is O=C(O)/C=C/c1cc(F)cc([N+](=O)[O-])c1. The molecule has 1 N–H and O–H groups in total. The third-order valence-corrected chi connectivity index (χ3v) is 1.53. The quantitative estimate of drug-likeness (QED) is 0.469. The lowest BCUT2D eigenvalue weighted by molar-refractivity contribution is -0.385. The molecule has 0 saturated heterocycles. The van der Waals surface area contributed by atoms with Crippen molar-refractivity contribution in [3.63, 3.8) is 0 Å². The summed E-state index contributed by atoms with van der Waals surface area (Å²) >= 11 is 0. The Balaban J connectivity index is 3.09. The van der Waals surface area contributed by atoms with Gasteiger partial charge in [0, 0.05) is 12.1 Å². The fraction of sp³-hybridized carbons (Fsp3) is 0. The first-order valence-corrected chi connectivity index (χ1v) is 3.85. The lowest BCUT2D eigenvalue weighted by Crippen LogP contribution is -1.91. The Hall–Kier alpha value is -2.24. The summed E-state index contributed by atoms with van der Waals surface area (Å²) < 4.78 is 12.8. The van der Waals surface area contributed by atoms with Gasteiger partial charge in [0.05, 0.1) is 11.0 Å². The van der Waals surface area contributed by atoms with Crippen LogP contribution in [0.2, 0.25) is 0 Å². The molecule has 0 spiro atoms. The predicted octanol–water partition coefficient (Wildman–Crippen LogP) is 1.83. The molecule has 0 aliphatic heterocycles. The first kappa shape index (κ1) is 10.8. The number of hydrogen-bond donors (Lipinski definition) is 1. The van der Waals surface area contributed by atoms with Crippen molar-refractivity contribution in [2.45, 2.75) is 0 Å². The van der Waals surface area contributed by atoms with E-state index >= 15 is 0 Å². The van der Waals surface area contributed by atoms with Crippen LogP contribution in [0.5, 0.6) is 0 Å². The van der Waals surface area contributed by atoms with Crippen LogP contribution in [0.3, 0.4) is 0 Å². The third kappa shape index (κ3) is 3.18. The molecule has 1 aromatic rings. The molecule has 1 aromatic carbocycles. The van der Waals surface area contributed by atoms with Crippen LogP contribution < -0.4 is 0 Å². The Morgan fingerprint density at radius 1 is 1.47 bits per heavy atom. The van der Waals surface area contributed by atoms with E-state index in [-0.39, 0.29) is 5.56 Å². The fourth-order valence-electron chi connectivity index (χ4n) is 0.965. The summed E-state index contributed by atoms with van der Waals surface area (Å²) in [6.07, 6.45) is 1.86. The molecule has 1 rings (SSSR count). The summed E-state index contributed by atoms with van der Waals surface area (Å²) in [7, 11) is 0. The van der Waals surface area contributed by atoms with E-state index < -0.39 is 22.4 Å². The summed E-state index contributed by atoms with van der Waals surface area (Å²) in [4.78, 5) is 19.8. The van der Waals surface area contributed by atoms with Crippen LogP contribution in [0.4, 0.5) is 10.1 Å². The second-order valence-corrected chi connectivity index (χ2v) is 2.67. The van der Waals surface area contributed by atoms with E-state index in [1.165, 1.54) is 0 Å². The molecule has 6 heteroatoms. The zero-order valence-corrected chi connectivity index (χ0v) is 7.38. The lowest BCUT2D eigenvalue weighted by Gasteiger charge is -1.95. The maximum absolute atomic E-state index is 12.8. The van der Waals surface area contributed by atoms with Gasteiger partial charge in [0.15, 0.2) is 0 Å². The van der Waals surface area contributed by atoms with Gasteiger partial charge in [-0.05, 0) is 17.7 Å². The molecule has 5 nitrogen and oxygen atoms in total. The zero-order valence-electron chi connectivity index (χ0n) is 7.38. The first-order chi connectivity index (χ1) is 6.99. The summed E-state index contributed by atoms with van der Waals surface area (Å²) in [5.41, 5.74) is -0.288. The molecule has 0 aliphatic rings. The molecule has 0 saturated carbocycles. The van der Waals surface area contributed by atoms with Gasteiger partial charge in [-0.2, -0.15) is 0 Å². The largest absolute Gasteiger partial charge is 0.478 e. The standard InChI is InChI=1S/C9H6FNO4/c10-7-3-6(1-2-9(12)13)4-8(5-7)11(14)15/h1-5H,(H,12,13)/b2-1+. The zero-order chi connectivity index (χ0) is 11.4. The average Bonchev–Trinajstić information content (AvgIpc) is 2.13. The van der Waals surface area contributed by atoms with Gasteiger partial charge in [0.1, 0.15) is 5.82 Å². The molecule has 0 heterocycles. The molecule has 0 unspecified atom stereocenters. The molecule has 0 amide bonds. The number of carboxylic acid groups (broad SMARTS) is 1. The van der Waals surface area contributed by atoms with Gasteiger partial charge in [0.2, 0.25) is 0 Å². The first-order valence-electron chi connectivity index (χ1n) is 3.85. The second-order valence-electron chi connectivity index (χ2n) is 2.67. The Labute approximate surface area is 83.6 Å². The van der Waals surface area contributed by atoms with Gasteiger partial charge < -0.3 is 5.11 Å². The van der Waals surface area contributed by atoms with Crippen molar-refractivity contribution in [3.8, 4) is 0 Å². The molecule has 0 bridgehead atoms. The van der Waals surface area contributed by atoms with Crippen LogP contribution in [0.15, 0.2) is 24.3 Å². The number of hydrogen-bond acceptors (Lipinski definition) is 3. The highest BCUT2D eigenvalue weighted by Crippen LogP contribution is 2.17. The minimum Gasteiger partial charge on any atom is -0.478 e. The van der Waals surface area contributed by atoms with Crippen LogP contribution in [-0.2, 0) is 4.79 Å². The van der Waals surface area contributed by atoms with E-state index in [1.807, 2.05) is 0 Å². The van der Waals surface area contributed by atoms with Crippen LogP contribution in [-0.4, -0.2) is 16.0 Å². The number of rotatable bonds is 3. The number of nitro benzene ring substituents is 1. The molecular formula is C9H6FNO4. The van der Waals surface area contributed by atoms with Crippen LogP contribution in [0.1, 0.15) is 5.56 Å². The topological polar surface area (TPSA) is 80.4 Å². The number of carboxylic acids is 1. The Morgan fingerprint density at radius 2 is 2.13 bits per heavy atom. The molecule has 0 fully saturated rings. The molecule has 0 aromatic heterocycles. The average molecular weight is 211 g/mol. The van der Waals surface area contributed by atoms with E-state index in [0.717, 1.165) is 30.4 Å². The highest BCUT2D eigenvalue weighted by molar-refractivity contribution is 5.85. The minimum atomic E-state index is -1.21. The fourth-order valence-corrected chi connectivity index (χ4v) is 0.965. The number of nitro groups is 1. The highest BCUT2D eigenvalue weighted by atomic mass is 19.1. The minimum absolute atomic E-state index is 0.129. The molecule has 15 heavy (non-hydrogen) atoms. The number of benzene rings is 1. The number of aliphatic carboxylic acids is 1. The van der Waals surface area contributed by atoms with Crippen molar-refractivity contribution >= 4 is 17.7 Å². The van der Waals surface area contributed by atoms with Crippen molar-refractivity contribution in [2.75, 3.05) is 0 Å². The Morgan fingerprint density at radius 3 is 2.67 bits per heavy atom. The van der Waals surface area contributed by atoms with Gasteiger partial charge in [-0.1, -0.05) is 0 Å². The molecule has 78 valence electrons. The third-order valence-electron chi connectivity index (χ3n) is 1.53. The van der Waals surface area contributed by atoms with E-state index in [9.17, 15) is 19.3 Å². The van der Waals surface area contributed by atoms with Gasteiger partial charge >= 0.3 is 5.97 Å². The van der Waals surface area contributed by atoms with Crippen molar-refractivity contribution in [1.29, 1.82) is 0 Å². The number of carbonyl (C=O) groups is 1. The van der Waals surface area contributed by atoms with Crippen LogP contribution >= 0.6 is 0 Å². The summed E-state index contributed by atoms with van der Waals surface area (Å²) in [5.74, 6) is -1.99. The van der Waals surface area contributed by atoms with E-state index in [0.29, 0.717) is 0 Å². The van der Waals surface area contributed by atoms with Gasteiger partial charge in [-0.25, -0.2) is 9.18 Å². The maximum atomic E-state index is 12.8. The second kappa shape index (κ2) is 4.32. The van der Waals surface area contributed by atoms with Crippen molar-refractivity contribution in [1.82, 2.24) is 0 Å². The van der Waals surface area contributed by atoms with Gasteiger partial charge in [0.25, 0.3) is 5.69 Å². The number of nitrogens with zero attached hydrogens (tertiary/aromatic N) is 1. The Kier molecular flexibility index (Phi) is 3.12. The van der Waals surface area contributed by atoms with E-state index in [4.69, 9.17) is 5.11 Å². The van der Waals surface area contributed by atoms with Crippen LogP contribution in [0.25, 0.3) is 6.08 Å². The smallest absolute Gasteiger partial charge is 0.328 e. The molecular weight excluding hydrogens is 205 g/mol. The summed E-state index contributed by atoms with van der Waals surface area (Å²) in [6.45, 7) is 0. The maximum Gasteiger partial charge on any atom is 0.328 e. The van der Waals surface area contributed by atoms with Crippen molar-refractivity contribution in [2.24, 2.45) is 0 Å². The molecule has 0 radical (unpaired) electrons. The summed E-state index contributed by atoms with van der Waals surface area (Å²) in [5, 5.41) is 18.7. The predicted molar refractivity (Wildman–Crippen MR) is 49.7 cm³/mol. The Bertz CT molecular complexity index is 442. The van der Waals surface area contributed by atoms with Crippen molar-refractivity contribution < 1.29 is 19.2 Å².